The van der Waals surface area contributed by atoms with Crippen LogP contribution in [0.3, 0.4) is 0 Å². The molecule has 1 unspecified atom stereocenters. The maximum Gasteiger partial charge on any atom is 0.366 e. The van der Waals surface area contributed by atoms with E-state index in [-0.39, 0.29) is 0 Å². The first-order chi connectivity index (χ1) is 19.6. The summed E-state index contributed by atoms with van der Waals surface area (Å²) in [7, 11) is 1.03. The number of benzene rings is 3. The molecular formula is C31H35NO9. The van der Waals surface area contributed by atoms with Crippen molar-refractivity contribution in [3.63, 3.8) is 0 Å². The van der Waals surface area contributed by atoms with Crippen LogP contribution in [0.25, 0.3) is 0 Å². The van der Waals surface area contributed by atoms with Crippen LogP contribution in [0.2, 0.25) is 0 Å². The van der Waals surface area contributed by atoms with Crippen molar-refractivity contribution in [1.82, 2.24) is 5.32 Å². The fourth-order valence-corrected chi connectivity index (χ4v) is 5.26. The number of rotatable bonds is 10. The molecule has 41 heavy (non-hydrogen) atoms. The summed E-state index contributed by atoms with van der Waals surface area (Å²) in [5.74, 6) is -4.37. The lowest BCUT2D eigenvalue weighted by atomic mass is 9.80. The third-order valence-corrected chi connectivity index (χ3v) is 7.20. The largest absolute Gasteiger partial charge is 0.465 e. The molecule has 3 aromatic rings. The fourth-order valence-electron chi connectivity index (χ4n) is 5.26. The third kappa shape index (κ3) is 6.33. The maximum atomic E-state index is 12.3. The average molecular weight is 566 g/mol. The molecule has 1 aliphatic rings. The van der Waals surface area contributed by atoms with Gasteiger partial charge >= 0.3 is 5.97 Å². The van der Waals surface area contributed by atoms with Crippen molar-refractivity contribution >= 4 is 11.9 Å². The molecule has 0 spiro atoms. The summed E-state index contributed by atoms with van der Waals surface area (Å²) in [4.78, 5) is 24.1. The molecule has 0 saturated carbocycles. The highest BCUT2D eigenvalue weighted by molar-refractivity contribution is 5.78. The number of hydrogen-bond donors (Lipinski definition) is 5. The van der Waals surface area contributed by atoms with Crippen LogP contribution in [0, 0.1) is 0 Å². The fraction of sp³-hybridized carbons (Fsp3) is 0.355. The molecule has 10 nitrogen and oxygen atoms in total. The minimum absolute atomic E-state index is 0.445. The molecule has 1 amide bonds. The third-order valence-electron chi connectivity index (χ3n) is 7.20. The number of carbonyl (C=O) groups is 2. The summed E-state index contributed by atoms with van der Waals surface area (Å²) in [6.45, 7) is 0.754. The van der Waals surface area contributed by atoms with E-state index in [1.165, 1.54) is 6.92 Å². The number of esters is 1. The van der Waals surface area contributed by atoms with Crippen LogP contribution in [0.4, 0.5) is 0 Å². The lowest BCUT2D eigenvalue weighted by Crippen LogP contribution is -2.67. The van der Waals surface area contributed by atoms with E-state index in [1.54, 1.807) is 0 Å². The van der Waals surface area contributed by atoms with Crippen LogP contribution in [-0.2, 0) is 29.4 Å². The minimum Gasteiger partial charge on any atom is -0.465 e. The SMILES string of the molecule is COC(=O)C1(O)C[C@H](O)[C@@H](NC(C)=O)[C@H]([C@H](O)[C@H](O)COC(c2ccccc2)(c2ccccc2)c2ccccc2)O1. The van der Waals surface area contributed by atoms with Gasteiger partial charge in [0.2, 0.25) is 5.91 Å². The van der Waals surface area contributed by atoms with Gasteiger partial charge in [-0.3, -0.25) is 4.79 Å². The lowest BCUT2D eigenvalue weighted by Gasteiger charge is -2.45. The molecule has 0 aliphatic carbocycles. The molecule has 4 rings (SSSR count). The predicted molar refractivity (Wildman–Crippen MR) is 147 cm³/mol. The molecule has 1 fully saturated rings. The molecule has 5 N–H and O–H groups in total. The Hall–Kier alpha value is -3.64. The van der Waals surface area contributed by atoms with Gasteiger partial charge in [-0.15, -0.1) is 0 Å². The first-order valence-corrected chi connectivity index (χ1v) is 13.2. The summed E-state index contributed by atoms with van der Waals surface area (Å²) < 4.78 is 16.7. The second-order valence-electron chi connectivity index (χ2n) is 10.0. The Labute approximate surface area is 238 Å². The van der Waals surface area contributed by atoms with Gasteiger partial charge in [-0.2, -0.15) is 0 Å². The summed E-state index contributed by atoms with van der Waals surface area (Å²) in [5, 5.41) is 46.5. The van der Waals surface area contributed by atoms with Crippen LogP contribution in [-0.4, -0.2) is 82.3 Å². The number of hydrogen-bond acceptors (Lipinski definition) is 9. The molecule has 3 aromatic carbocycles. The summed E-state index contributed by atoms with van der Waals surface area (Å²) in [5.41, 5.74) is 1.08. The average Bonchev–Trinajstić information content (AvgIpc) is 2.99. The van der Waals surface area contributed by atoms with Crippen molar-refractivity contribution < 1.29 is 44.2 Å². The second kappa shape index (κ2) is 12.9. The van der Waals surface area contributed by atoms with Crippen molar-refractivity contribution in [1.29, 1.82) is 0 Å². The number of aliphatic hydroxyl groups is 4. The van der Waals surface area contributed by atoms with Crippen LogP contribution < -0.4 is 5.32 Å². The van der Waals surface area contributed by atoms with E-state index < -0.39 is 66.8 Å². The number of carbonyl (C=O) groups excluding carboxylic acids is 2. The van der Waals surface area contributed by atoms with Gasteiger partial charge in [0.1, 0.15) is 23.9 Å². The lowest BCUT2D eigenvalue weighted by molar-refractivity contribution is -0.297. The van der Waals surface area contributed by atoms with E-state index in [0.29, 0.717) is 0 Å². The van der Waals surface area contributed by atoms with Gasteiger partial charge in [0.05, 0.1) is 25.9 Å². The molecule has 0 radical (unpaired) electrons. The second-order valence-corrected chi connectivity index (χ2v) is 10.0. The Morgan fingerprint density at radius 2 is 1.41 bits per heavy atom. The molecule has 1 aliphatic heterocycles. The number of ether oxygens (including phenoxy) is 3. The zero-order valence-corrected chi connectivity index (χ0v) is 22.8. The maximum absolute atomic E-state index is 12.3. The molecule has 1 heterocycles. The standard InChI is InChI=1S/C31H35NO9/c1-20(33)32-26-24(34)18-30(38,29(37)39-2)41-28(26)27(36)25(35)19-40-31(21-12-6-3-7-13-21,22-14-8-4-9-15-22)23-16-10-5-11-17-23/h3-17,24-28,34-36,38H,18-19H2,1-2H3,(H,32,33)/t24-,25+,26+,27+,28+,30?/m0/s1. The number of nitrogens with one attached hydrogen (secondary N) is 1. The Morgan fingerprint density at radius 3 is 1.83 bits per heavy atom. The van der Waals surface area contributed by atoms with Gasteiger partial charge in [-0.25, -0.2) is 4.79 Å². The zero-order valence-electron chi connectivity index (χ0n) is 22.8. The molecule has 10 heteroatoms. The quantitative estimate of drug-likeness (QED) is 0.180. The molecule has 0 aromatic heterocycles. The van der Waals surface area contributed by atoms with Gasteiger partial charge in [-0.1, -0.05) is 91.0 Å². The number of aliphatic hydroxyl groups excluding tert-OH is 3. The first-order valence-electron chi connectivity index (χ1n) is 13.2. The van der Waals surface area contributed by atoms with Crippen LogP contribution in [0.1, 0.15) is 30.0 Å². The van der Waals surface area contributed by atoms with E-state index in [1.807, 2.05) is 91.0 Å². The molecule has 6 atom stereocenters. The van der Waals surface area contributed by atoms with E-state index >= 15 is 0 Å². The van der Waals surface area contributed by atoms with Crippen LogP contribution in [0.5, 0.6) is 0 Å². The van der Waals surface area contributed by atoms with Gasteiger partial charge < -0.3 is 40.0 Å². The van der Waals surface area contributed by atoms with Crippen molar-refractivity contribution in [2.24, 2.45) is 0 Å². The highest BCUT2D eigenvalue weighted by Gasteiger charge is 2.54. The molecule has 218 valence electrons. The molecular weight excluding hydrogens is 530 g/mol. The highest BCUT2D eigenvalue weighted by atomic mass is 16.7. The van der Waals surface area contributed by atoms with Crippen molar-refractivity contribution in [3.8, 4) is 0 Å². The van der Waals surface area contributed by atoms with Gasteiger partial charge in [-0.05, 0) is 16.7 Å². The Kier molecular flexibility index (Phi) is 9.54. The monoisotopic (exact) mass is 565 g/mol. The Balaban J connectivity index is 1.69. The van der Waals surface area contributed by atoms with E-state index in [4.69, 9.17) is 9.47 Å². The van der Waals surface area contributed by atoms with E-state index in [9.17, 15) is 30.0 Å². The summed E-state index contributed by atoms with van der Waals surface area (Å²) >= 11 is 0. The van der Waals surface area contributed by atoms with Crippen molar-refractivity contribution in [3.05, 3.63) is 108 Å². The summed E-state index contributed by atoms with van der Waals surface area (Å²) in [6.07, 6.45) is -7.22. The predicted octanol–water partition coefficient (Wildman–Crippen LogP) is 1.23. The minimum atomic E-state index is -2.61. The van der Waals surface area contributed by atoms with E-state index in [2.05, 4.69) is 10.1 Å². The molecule has 1 saturated heterocycles. The summed E-state index contributed by atoms with van der Waals surface area (Å²) in [6, 6.07) is 26.9. The first kappa shape index (κ1) is 30.3. The molecule has 0 bridgehead atoms. The normalized spacial score (nSPS) is 24.2. The Bertz CT molecular complexity index is 1190. The smallest absolute Gasteiger partial charge is 0.366 e. The number of methoxy groups -OCH3 is 1. The van der Waals surface area contributed by atoms with Gasteiger partial charge in [0, 0.05) is 13.3 Å². The van der Waals surface area contributed by atoms with Crippen LogP contribution in [0.15, 0.2) is 91.0 Å². The van der Waals surface area contributed by atoms with Crippen LogP contribution >= 0.6 is 0 Å². The topological polar surface area (TPSA) is 155 Å². The van der Waals surface area contributed by atoms with Crippen molar-refractivity contribution in [2.45, 2.75) is 55.2 Å². The van der Waals surface area contributed by atoms with E-state index in [0.717, 1.165) is 23.8 Å². The highest BCUT2D eigenvalue weighted by Crippen LogP contribution is 2.41. The van der Waals surface area contributed by atoms with Gasteiger partial charge in [0.25, 0.3) is 5.79 Å². The zero-order chi connectivity index (χ0) is 29.6. The number of amides is 1. The van der Waals surface area contributed by atoms with Gasteiger partial charge in [0.15, 0.2) is 0 Å². The Morgan fingerprint density at radius 1 is 0.951 bits per heavy atom. The van der Waals surface area contributed by atoms with Crippen molar-refractivity contribution in [2.75, 3.05) is 13.7 Å².